The first-order valence-corrected chi connectivity index (χ1v) is 4.56. The molecule has 6 heteroatoms. The van der Waals surface area contributed by atoms with Crippen LogP contribution in [0, 0.1) is 0 Å². The molecule has 0 aliphatic heterocycles. The maximum atomic E-state index is 11.7. The molecular weight excluding hydrogens is 230 g/mol. The lowest BCUT2D eigenvalue weighted by molar-refractivity contribution is 0.0950. The van der Waals surface area contributed by atoms with Crippen LogP contribution in [0.2, 0.25) is 10.2 Å². The standard InChI is InChI=1S/C8H7Cl2FN2O/c9-6-3-7(10)13-4-5(6)8(14)12-2-1-11/h3-4H,1-2H2,(H,12,14). The number of carbonyl (C=O) groups is 1. The van der Waals surface area contributed by atoms with Crippen LogP contribution in [0.25, 0.3) is 0 Å². The summed E-state index contributed by atoms with van der Waals surface area (Å²) in [5.41, 5.74) is 0.185. The molecule has 0 saturated heterocycles. The molecule has 1 N–H and O–H groups in total. The van der Waals surface area contributed by atoms with Crippen molar-refractivity contribution in [2.75, 3.05) is 13.2 Å². The number of carbonyl (C=O) groups excluding carboxylic acids is 1. The normalized spacial score (nSPS) is 9.93. The summed E-state index contributed by atoms with van der Waals surface area (Å²) in [5.74, 6) is -0.461. The van der Waals surface area contributed by atoms with Gasteiger partial charge in [0.15, 0.2) is 0 Å². The molecule has 0 bridgehead atoms. The molecule has 1 aromatic rings. The van der Waals surface area contributed by atoms with E-state index >= 15 is 0 Å². The van der Waals surface area contributed by atoms with Gasteiger partial charge in [-0.2, -0.15) is 0 Å². The van der Waals surface area contributed by atoms with Crippen molar-refractivity contribution < 1.29 is 9.18 Å². The predicted molar refractivity (Wildman–Crippen MR) is 52.6 cm³/mol. The molecule has 76 valence electrons. The van der Waals surface area contributed by atoms with Crippen LogP contribution < -0.4 is 5.32 Å². The Balaban J connectivity index is 2.80. The Morgan fingerprint density at radius 3 is 2.86 bits per heavy atom. The third-order valence-corrected chi connectivity index (χ3v) is 1.96. The fourth-order valence-electron chi connectivity index (χ4n) is 0.831. The average molecular weight is 237 g/mol. The van der Waals surface area contributed by atoms with Gasteiger partial charge in [-0.25, -0.2) is 9.37 Å². The third-order valence-electron chi connectivity index (χ3n) is 1.44. The van der Waals surface area contributed by atoms with Crippen LogP contribution in [0.4, 0.5) is 4.39 Å². The number of hydrogen-bond acceptors (Lipinski definition) is 2. The van der Waals surface area contributed by atoms with Crippen molar-refractivity contribution in [3.63, 3.8) is 0 Å². The number of pyridine rings is 1. The van der Waals surface area contributed by atoms with Gasteiger partial charge >= 0.3 is 0 Å². The zero-order valence-electron chi connectivity index (χ0n) is 7.06. The Hall–Kier alpha value is -0.870. The van der Waals surface area contributed by atoms with Crippen LogP contribution in [0.3, 0.4) is 0 Å². The van der Waals surface area contributed by atoms with Crippen molar-refractivity contribution in [1.82, 2.24) is 10.3 Å². The van der Waals surface area contributed by atoms with E-state index < -0.39 is 12.6 Å². The average Bonchev–Trinajstić information content (AvgIpc) is 2.14. The third kappa shape index (κ3) is 2.82. The first-order valence-electron chi connectivity index (χ1n) is 3.80. The summed E-state index contributed by atoms with van der Waals surface area (Å²) in [7, 11) is 0. The molecular formula is C8H7Cl2FN2O. The van der Waals surface area contributed by atoms with E-state index in [9.17, 15) is 9.18 Å². The van der Waals surface area contributed by atoms with Gasteiger partial charge in [0, 0.05) is 12.7 Å². The molecule has 0 saturated carbocycles. The highest BCUT2D eigenvalue weighted by molar-refractivity contribution is 6.36. The molecule has 0 aromatic carbocycles. The smallest absolute Gasteiger partial charge is 0.254 e. The molecule has 0 aliphatic rings. The van der Waals surface area contributed by atoms with Gasteiger partial charge in [0.2, 0.25) is 0 Å². The second kappa shape index (κ2) is 5.12. The first kappa shape index (κ1) is 11.2. The second-order valence-electron chi connectivity index (χ2n) is 2.43. The van der Waals surface area contributed by atoms with Gasteiger partial charge in [-0.15, -0.1) is 0 Å². The summed E-state index contributed by atoms with van der Waals surface area (Å²) in [6, 6.07) is 1.35. The van der Waals surface area contributed by atoms with Gasteiger partial charge in [0.1, 0.15) is 11.8 Å². The summed E-state index contributed by atoms with van der Waals surface area (Å²) in [5, 5.41) is 2.73. The first-order chi connectivity index (χ1) is 6.65. The van der Waals surface area contributed by atoms with Crippen LogP contribution in [-0.2, 0) is 0 Å². The molecule has 1 heterocycles. The Morgan fingerprint density at radius 1 is 1.57 bits per heavy atom. The largest absolute Gasteiger partial charge is 0.349 e. The lowest BCUT2D eigenvalue weighted by atomic mass is 10.2. The van der Waals surface area contributed by atoms with Gasteiger partial charge < -0.3 is 5.32 Å². The Labute approximate surface area is 90.2 Å². The molecule has 0 spiro atoms. The molecule has 0 atom stereocenters. The van der Waals surface area contributed by atoms with Gasteiger partial charge in [-0.3, -0.25) is 4.79 Å². The monoisotopic (exact) mass is 236 g/mol. The number of rotatable bonds is 3. The molecule has 1 aromatic heterocycles. The highest BCUT2D eigenvalue weighted by atomic mass is 35.5. The summed E-state index contributed by atoms with van der Waals surface area (Å²) >= 11 is 11.3. The Morgan fingerprint density at radius 2 is 2.29 bits per heavy atom. The Kier molecular flexibility index (Phi) is 4.10. The summed E-state index contributed by atoms with van der Waals surface area (Å²) in [6.07, 6.45) is 1.25. The molecule has 14 heavy (non-hydrogen) atoms. The predicted octanol–water partition coefficient (Wildman–Crippen LogP) is 2.09. The van der Waals surface area contributed by atoms with E-state index in [1.165, 1.54) is 12.3 Å². The van der Waals surface area contributed by atoms with Crippen molar-refractivity contribution >= 4 is 29.1 Å². The lowest BCUT2D eigenvalue weighted by Crippen LogP contribution is -2.25. The minimum atomic E-state index is -0.621. The molecule has 0 radical (unpaired) electrons. The van der Waals surface area contributed by atoms with Crippen LogP contribution in [0.5, 0.6) is 0 Å². The summed E-state index contributed by atoms with van der Waals surface area (Å²) in [4.78, 5) is 15.0. The number of alkyl halides is 1. The maximum absolute atomic E-state index is 11.7. The van der Waals surface area contributed by atoms with Gasteiger partial charge in [0.25, 0.3) is 5.91 Å². The van der Waals surface area contributed by atoms with Crippen LogP contribution >= 0.6 is 23.2 Å². The minimum Gasteiger partial charge on any atom is -0.349 e. The molecule has 3 nitrogen and oxygen atoms in total. The number of nitrogens with one attached hydrogen (secondary N) is 1. The lowest BCUT2D eigenvalue weighted by Gasteiger charge is -2.03. The quantitative estimate of drug-likeness (QED) is 0.817. The minimum absolute atomic E-state index is 0.0439. The van der Waals surface area contributed by atoms with Crippen molar-refractivity contribution in [2.45, 2.75) is 0 Å². The van der Waals surface area contributed by atoms with Crippen LogP contribution in [-0.4, -0.2) is 24.1 Å². The van der Waals surface area contributed by atoms with Crippen LogP contribution in [0.1, 0.15) is 10.4 Å². The van der Waals surface area contributed by atoms with E-state index in [1.54, 1.807) is 0 Å². The zero-order chi connectivity index (χ0) is 10.6. The van der Waals surface area contributed by atoms with Crippen molar-refractivity contribution in [1.29, 1.82) is 0 Å². The second-order valence-corrected chi connectivity index (χ2v) is 3.23. The van der Waals surface area contributed by atoms with Crippen molar-refractivity contribution in [2.24, 2.45) is 0 Å². The summed E-state index contributed by atoms with van der Waals surface area (Å²) in [6.45, 7) is -0.665. The molecule has 0 aliphatic carbocycles. The summed E-state index contributed by atoms with van der Waals surface area (Å²) < 4.78 is 11.7. The SMILES string of the molecule is O=C(NCCF)c1cnc(Cl)cc1Cl. The fraction of sp³-hybridized carbons (Fsp3) is 0.250. The molecule has 0 unspecified atom stereocenters. The van der Waals surface area contributed by atoms with Gasteiger partial charge in [-0.05, 0) is 6.07 Å². The van der Waals surface area contributed by atoms with Gasteiger partial charge in [0.05, 0.1) is 10.6 Å². The van der Waals surface area contributed by atoms with E-state index in [4.69, 9.17) is 23.2 Å². The van der Waals surface area contributed by atoms with Crippen LogP contribution in [0.15, 0.2) is 12.3 Å². The van der Waals surface area contributed by atoms with E-state index in [2.05, 4.69) is 10.3 Å². The zero-order valence-corrected chi connectivity index (χ0v) is 8.57. The fourth-order valence-corrected chi connectivity index (χ4v) is 1.28. The van der Waals surface area contributed by atoms with Crippen molar-refractivity contribution in [3.05, 3.63) is 28.0 Å². The molecule has 1 amide bonds. The number of hydrogen-bond donors (Lipinski definition) is 1. The van der Waals surface area contributed by atoms with E-state index in [0.29, 0.717) is 0 Å². The maximum Gasteiger partial charge on any atom is 0.254 e. The Bertz CT molecular complexity index is 346. The molecule has 1 rings (SSSR count). The molecule has 0 fully saturated rings. The van der Waals surface area contributed by atoms with E-state index in [0.717, 1.165) is 0 Å². The van der Waals surface area contributed by atoms with Crippen molar-refractivity contribution in [3.8, 4) is 0 Å². The number of nitrogens with zero attached hydrogens (tertiary/aromatic N) is 1. The van der Waals surface area contributed by atoms with E-state index in [-0.39, 0.29) is 22.3 Å². The number of halogens is 3. The number of amides is 1. The van der Waals surface area contributed by atoms with E-state index in [1.807, 2.05) is 0 Å². The highest BCUT2D eigenvalue weighted by Gasteiger charge is 2.10. The number of aromatic nitrogens is 1. The topological polar surface area (TPSA) is 42.0 Å². The highest BCUT2D eigenvalue weighted by Crippen LogP contribution is 2.18. The van der Waals surface area contributed by atoms with Gasteiger partial charge in [-0.1, -0.05) is 23.2 Å².